The molecule has 23 heavy (non-hydrogen) atoms. The van der Waals surface area contributed by atoms with Gasteiger partial charge in [0.2, 0.25) is 5.78 Å². The number of piperazine rings is 1. The van der Waals surface area contributed by atoms with Crippen molar-refractivity contribution in [3.63, 3.8) is 0 Å². The Balaban J connectivity index is 1.62. The maximum absolute atomic E-state index is 12.4. The van der Waals surface area contributed by atoms with Crippen LogP contribution in [0.5, 0.6) is 0 Å². The van der Waals surface area contributed by atoms with Crippen LogP contribution in [0.15, 0.2) is 53.3 Å². The molecule has 0 N–H and O–H groups in total. The molecule has 1 heterocycles. The molecule has 3 rings (SSSR count). The molecule has 0 unspecified atom stereocenters. The van der Waals surface area contributed by atoms with E-state index in [1.54, 1.807) is 13.8 Å². The lowest BCUT2D eigenvalue weighted by Gasteiger charge is -2.37. The topological polar surface area (TPSA) is 40.6 Å². The van der Waals surface area contributed by atoms with Crippen LogP contribution in [0.25, 0.3) is 0 Å². The highest BCUT2D eigenvalue weighted by Crippen LogP contribution is 2.22. The number of benzene rings is 1. The third-order valence-corrected chi connectivity index (χ3v) is 4.74. The highest BCUT2D eigenvalue weighted by molar-refractivity contribution is 6.21. The Morgan fingerprint density at radius 2 is 1.57 bits per heavy atom. The van der Waals surface area contributed by atoms with E-state index in [4.69, 9.17) is 0 Å². The molecule has 4 heteroatoms. The number of nitrogens with zero attached hydrogens (tertiary/aromatic N) is 2. The number of Topliss-reactive ketones (excluding diaryl/α,β-unsaturated/α-hetero) is 1. The van der Waals surface area contributed by atoms with E-state index in [1.165, 1.54) is 11.6 Å². The number of ketones is 2. The van der Waals surface area contributed by atoms with E-state index in [9.17, 15) is 9.59 Å². The summed E-state index contributed by atoms with van der Waals surface area (Å²) in [5.41, 5.74) is 3.02. The Labute approximate surface area is 137 Å². The average molecular weight is 310 g/mol. The van der Waals surface area contributed by atoms with Gasteiger partial charge in [-0.2, -0.15) is 0 Å². The molecule has 2 aliphatic rings. The fourth-order valence-electron chi connectivity index (χ4n) is 3.07. The van der Waals surface area contributed by atoms with Crippen molar-refractivity contribution in [2.24, 2.45) is 0 Å². The molecular weight excluding hydrogens is 288 g/mol. The van der Waals surface area contributed by atoms with Crippen LogP contribution in [-0.4, -0.2) is 47.5 Å². The van der Waals surface area contributed by atoms with Crippen LogP contribution in [0.4, 0.5) is 0 Å². The number of hydrogen-bond acceptors (Lipinski definition) is 4. The van der Waals surface area contributed by atoms with E-state index in [1.807, 2.05) is 6.07 Å². The normalized spacial score (nSPS) is 20.1. The molecule has 1 saturated heterocycles. The van der Waals surface area contributed by atoms with Gasteiger partial charge >= 0.3 is 0 Å². The van der Waals surface area contributed by atoms with Gasteiger partial charge in [0.05, 0.1) is 5.70 Å². The molecule has 0 amide bonds. The maximum atomic E-state index is 12.4. The van der Waals surface area contributed by atoms with E-state index in [0.717, 1.165) is 32.7 Å². The zero-order valence-electron chi connectivity index (χ0n) is 13.7. The first kappa shape index (κ1) is 15.7. The van der Waals surface area contributed by atoms with Crippen LogP contribution in [0.3, 0.4) is 0 Å². The summed E-state index contributed by atoms with van der Waals surface area (Å²) in [7, 11) is 0. The third kappa shape index (κ3) is 3.27. The summed E-state index contributed by atoms with van der Waals surface area (Å²) in [5, 5.41) is 0. The standard InChI is InChI=1S/C19H22N2O2/c1-14-15(2)19(23)17(12-18(14)22)21-10-8-20(9-11-21)13-16-6-4-3-5-7-16/h3-7,12H,8-11,13H2,1-2H3. The minimum absolute atomic E-state index is 0.00129. The molecule has 0 aromatic heterocycles. The average Bonchev–Trinajstić information content (AvgIpc) is 2.58. The summed E-state index contributed by atoms with van der Waals surface area (Å²) in [5.74, 6) is -0.0394. The Hall–Kier alpha value is -2.20. The second kappa shape index (κ2) is 6.50. The van der Waals surface area contributed by atoms with Gasteiger partial charge < -0.3 is 4.90 Å². The Morgan fingerprint density at radius 1 is 0.913 bits per heavy atom. The molecule has 1 fully saturated rings. The maximum Gasteiger partial charge on any atom is 0.205 e. The molecule has 0 spiro atoms. The quantitative estimate of drug-likeness (QED) is 0.802. The molecule has 0 bridgehead atoms. The SMILES string of the molecule is CC1=C(C)C(=O)C(N2CCN(Cc3ccccc3)CC2)=CC1=O. The first-order chi connectivity index (χ1) is 11.1. The molecule has 120 valence electrons. The fraction of sp³-hybridized carbons (Fsp3) is 0.368. The van der Waals surface area contributed by atoms with E-state index in [2.05, 4.69) is 34.1 Å². The van der Waals surface area contributed by atoms with Crippen LogP contribution >= 0.6 is 0 Å². The van der Waals surface area contributed by atoms with Crippen molar-refractivity contribution < 1.29 is 9.59 Å². The molecule has 1 aliphatic carbocycles. The second-order valence-corrected chi connectivity index (χ2v) is 6.22. The van der Waals surface area contributed by atoms with Crippen LogP contribution in [0.2, 0.25) is 0 Å². The van der Waals surface area contributed by atoms with Crippen LogP contribution in [0, 0.1) is 0 Å². The van der Waals surface area contributed by atoms with Gasteiger partial charge in [0.15, 0.2) is 5.78 Å². The summed E-state index contributed by atoms with van der Waals surface area (Å²) >= 11 is 0. The van der Waals surface area contributed by atoms with Crippen molar-refractivity contribution in [2.45, 2.75) is 20.4 Å². The van der Waals surface area contributed by atoms with Gasteiger partial charge in [0.25, 0.3) is 0 Å². The third-order valence-electron chi connectivity index (χ3n) is 4.74. The van der Waals surface area contributed by atoms with Gasteiger partial charge in [-0.1, -0.05) is 30.3 Å². The first-order valence-corrected chi connectivity index (χ1v) is 8.05. The van der Waals surface area contributed by atoms with Crippen molar-refractivity contribution in [3.05, 3.63) is 58.8 Å². The fourth-order valence-corrected chi connectivity index (χ4v) is 3.07. The summed E-state index contributed by atoms with van der Waals surface area (Å²) in [4.78, 5) is 28.8. The summed E-state index contributed by atoms with van der Waals surface area (Å²) < 4.78 is 0. The smallest absolute Gasteiger partial charge is 0.205 e. The summed E-state index contributed by atoms with van der Waals surface area (Å²) in [6.07, 6.45) is 1.51. The number of carbonyl (C=O) groups is 2. The van der Waals surface area contributed by atoms with Gasteiger partial charge in [0, 0.05) is 49.9 Å². The molecule has 0 radical (unpaired) electrons. The highest BCUT2D eigenvalue weighted by Gasteiger charge is 2.29. The van der Waals surface area contributed by atoms with Crippen LogP contribution in [0.1, 0.15) is 19.4 Å². The number of carbonyl (C=O) groups excluding carboxylic acids is 2. The minimum Gasteiger partial charge on any atom is -0.366 e. The summed E-state index contributed by atoms with van der Waals surface area (Å²) in [6, 6.07) is 10.4. The van der Waals surface area contributed by atoms with E-state index in [0.29, 0.717) is 16.8 Å². The Morgan fingerprint density at radius 3 is 2.22 bits per heavy atom. The van der Waals surface area contributed by atoms with E-state index < -0.39 is 0 Å². The van der Waals surface area contributed by atoms with Gasteiger partial charge in [-0.05, 0) is 19.4 Å². The lowest BCUT2D eigenvalue weighted by atomic mass is 9.94. The molecule has 1 aromatic carbocycles. The van der Waals surface area contributed by atoms with E-state index >= 15 is 0 Å². The molecule has 1 aliphatic heterocycles. The van der Waals surface area contributed by atoms with Crippen LogP contribution in [-0.2, 0) is 16.1 Å². The Bertz CT molecular complexity index is 681. The van der Waals surface area contributed by atoms with Crippen molar-refractivity contribution in [2.75, 3.05) is 26.2 Å². The van der Waals surface area contributed by atoms with Crippen molar-refractivity contribution >= 4 is 11.6 Å². The van der Waals surface area contributed by atoms with E-state index in [-0.39, 0.29) is 11.6 Å². The molecule has 1 aromatic rings. The van der Waals surface area contributed by atoms with Gasteiger partial charge in [-0.25, -0.2) is 0 Å². The zero-order chi connectivity index (χ0) is 16.4. The molecule has 0 saturated carbocycles. The van der Waals surface area contributed by atoms with Crippen LogP contribution < -0.4 is 0 Å². The van der Waals surface area contributed by atoms with Gasteiger partial charge in [-0.3, -0.25) is 14.5 Å². The number of allylic oxidation sites excluding steroid dienone is 3. The minimum atomic E-state index is -0.0381. The zero-order valence-corrected chi connectivity index (χ0v) is 13.7. The van der Waals surface area contributed by atoms with Crippen molar-refractivity contribution in [3.8, 4) is 0 Å². The first-order valence-electron chi connectivity index (χ1n) is 8.05. The van der Waals surface area contributed by atoms with Gasteiger partial charge in [-0.15, -0.1) is 0 Å². The van der Waals surface area contributed by atoms with Crippen molar-refractivity contribution in [1.82, 2.24) is 9.80 Å². The molecule has 4 nitrogen and oxygen atoms in total. The van der Waals surface area contributed by atoms with Crippen molar-refractivity contribution in [1.29, 1.82) is 0 Å². The lowest BCUT2D eigenvalue weighted by molar-refractivity contribution is -0.117. The largest absolute Gasteiger partial charge is 0.366 e. The number of hydrogen-bond donors (Lipinski definition) is 0. The predicted molar refractivity (Wildman–Crippen MR) is 89.8 cm³/mol. The number of rotatable bonds is 3. The van der Waals surface area contributed by atoms with Gasteiger partial charge in [0.1, 0.15) is 0 Å². The summed E-state index contributed by atoms with van der Waals surface area (Å²) in [6.45, 7) is 7.76. The molecule has 0 atom stereocenters. The highest BCUT2D eigenvalue weighted by atomic mass is 16.1. The second-order valence-electron chi connectivity index (χ2n) is 6.22. The monoisotopic (exact) mass is 310 g/mol. The lowest BCUT2D eigenvalue weighted by Crippen LogP contribution is -2.47. The predicted octanol–water partition coefficient (Wildman–Crippen LogP) is 2.18. The Kier molecular flexibility index (Phi) is 4.44. The molecular formula is C19H22N2O2.